The Labute approximate surface area is 125 Å². The average Bonchev–Trinajstić information content (AvgIpc) is 2.96. The minimum Gasteiger partial charge on any atom is -0.444 e. The fourth-order valence-electron chi connectivity index (χ4n) is 2.42. The lowest BCUT2D eigenvalue weighted by Gasteiger charge is -2.32. The SMILES string of the molecule is Cc1cc(-c2cnco2)ccc1B1OC(C)(C)C(C)(C)O1. The number of oxazole rings is 1. The summed E-state index contributed by atoms with van der Waals surface area (Å²) in [6.07, 6.45) is 3.15. The fourth-order valence-corrected chi connectivity index (χ4v) is 2.42. The monoisotopic (exact) mass is 285 g/mol. The summed E-state index contributed by atoms with van der Waals surface area (Å²) in [6.45, 7) is 10.3. The van der Waals surface area contributed by atoms with E-state index in [1.54, 1.807) is 6.20 Å². The summed E-state index contributed by atoms with van der Waals surface area (Å²) in [7, 11) is -0.334. The molecule has 0 unspecified atom stereocenters. The van der Waals surface area contributed by atoms with Crippen molar-refractivity contribution in [3.63, 3.8) is 0 Å². The lowest BCUT2D eigenvalue weighted by molar-refractivity contribution is 0.00578. The molecule has 0 aliphatic carbocycles. The molecule has 110 valence electrons. The quantitative estimate of drug-likeness (QED) is 0.796. The van der Waals surface area contributed by atoms with E-state index in [-0.39, 0.29) is 18.3 Å². The maximum absolute atomic E-state index is 6.10. The van der Waals surface area contributed by atoms with Crippen LogP contribution in [0.4, 0.5) is 0 Å². The largest absolute Gasteiger partial charge is 0.495 e. The summed E-state index contributed by atoms with van der Waals surface area (Å²) in [5.74, 6) is 0.763. The highest BCUT2D eigenvalue weighted by molar-refractivity contribution is 6.62. The molecule has 0 radical (unpaired) electrons. The van der Waals surface area contributed by atoms with Crippen molar-refractivity contribution >= 4 is 12.6 Å². The molecule has 1 saturated heterocycles. The lowest BCUT2D eigenvalue weighted by Crippen LogP contribution is -2.41. The molecule has 0 amide bonds. The summed E-state index contributed by atoms with van der Waals surface area (Å²) in [5, 5.41) is 0. The Bertz CT molecular complexity index is 634. The van der Waals surface area contributed by atoms with Gasteiger partial charge in [-0.2, -0.15) is 0 Å². The third kappa shape index (κ3) is 2.41. The van der Waals surface area contributed by atoms with Crippen LogP contribution < -0.4 is 5.46 Å². The molecule has 1 aromatic carbocycles. The maximum atomic E-state index is 6.10. The first-order valence-corrected chi connectivity index (χ1v) is 7.15. The zero-order valence-electron chi connectivity index (χ0n) is 13.1. The van der Waals surface area contributed by atoms with E-state index < -0.39 is 0 Å². The van der Waals surface area contributed by atoms with E-state index in [0.29, 0.717) is 0 Å². The Balaban J connectivity index is 1.91. The normalized spacial score (nSPS) is 20.0. The van der Waals surface area contributed by atoms with Gasteiger partial charge in [-0.25, -0.2) is 4.98 Å². The molecule has 5 heteroatoms. The highest BCUT2D eigenvalue weighted by Gasteiger charge is 2.52. The molecule has 1 aliphatic heterocycles. The summed E-state index contributed by atoms with van der Waals surface area (Å²) in [5.41, 5.74) is 2.52. The Kier molecular flexibility index (Phi) is 3.22. The smallest absolute Gasteiger partial charge is 0.444 e. The van der Waals surface area contributed by atoms with Gasteiger partial charge in [-0.1, -0.05) is 17.7 Å². The van der Waals surface area contributed by atoms with Crippen LogP contribution >= 0.6 is 0 Å². The van der Waals surface area contributed by atoms with Crippen LogP contribution in [0.5, 0.6) is 0 Å². The van der Waals surface area contributed by atoms with Gasteiger partial charge in [0.15, 0.2) is 12.2 Å². The van der Waals surface area contributed by atoms with Crippen molar-refractivity contribution in [3.8, 4) is 11.3 Å². The molecule has 21 heavy (non-hydrogen) atoms. The van der Waals surface area contributed by atoms with E-state index in [1.807, 2.05) is 12.1 Å². The van der Waals surface area contributed by atoms with Crippen LogP contribution in [0.15, 0.2) is 35.2 Å². The van der Waals surface area contributed by atoms with E-state index in [4.69, 9.17) is 13.7 Å². The molecule has 1 aromatic heterocycles. The van der Waals surface area contributed by atoms with E-state index >= 15 is 0 Å². The predicted octanol–water partition coefficient (Wildman–Crippen LogP) is 2.95. The zero-order chi connectivity index (χ0) is 15.3. The van der Waals surface area contributed by atoms with Gasteiger partial charge in [-0.3, -0.25) is 0 Å². The van der Waals surface area contributed by atoms with Crippen LogP contribution in [0.3, 0.4) is 0 Å². The van der Waals surface area contributed by atoms with Crippen molar-refractivity contribution in [2.75, 3.05) is 0 Å². The second-order valence-electron chi connectivity index (χ2n) is 6.53. The van der Waals surface area contributed by atoms with Crippen LogP contribution in [0.25, 0.3) is 11.3 Å². The van der Waals surface area contributed by atoms with Gasteiger partial charge in [-0.15, -0.1) is 0 Å². The predicted molar refractivity (Wildman–Crippen MR) is 82.4 cm³/mol. The third-order valence-electron chi connectivity index (χ3n) is 4.49. The van der Waals surface area contributed by atoms with Gasteiger partial charge >= 0.3 is 7.12 Å². The number of hydrogen-bond donors (Lipinski definition) is 0. The van der Waals surface area contributed by atoms with Gasteiger partial charge in [0.05, 0.1) is 17.4 Å². The molecule has 2 heterocycles. The second kappa shape index (κ2) is 4.72. The summed E-state index contributed by atoms with van der Waals surface area (Å²) >= 11 is 0. The molecular formula is C16H20BNO3. The number of aryl methyl sites for hydroxylation is 1. The molecule has 0 atom stereocenters. The second-order valence-corrected chi connectivity index (χ2v) is 6.53. The minimum absolute atomic E-state index is 0.326. The van der Waals surface area contributed by atoms with Crippen molar-refractivity contribution < 1.29 is 13.7 Å². The number of nitrogens with zero attached hydrogens (tertiary/aromatic N) is 1. The van der Waals surface area contributed by atoms with E-state index in [1.165, 1.54) is 6.39 Å². The molecular weight excluding hydrogens is 265 g/mol. The minimum atomic E-state index is -0.334. The number of aromatic nitrogens is 1. The van der Waals surface area contributed by atoms with E-state index in [2.05, 4.69) is 45.7 Å². The third-order valence-corrected chi connectivity index (χ3v) is 4.49. The lowest BCUT2D eigenvalue weighted by atomic mass is 9.76. The number of benzene rings is 1. The molecule has 2 aromatic rings. The van der Waals surface area contributed by atoms with E-state index in [9.17, 15) is 0 Å². The summed E-state index contributed by atoms with van der Waals surface area (Å²) in [6, 6.07) is 6.12. The average molecular weight is 285 g/mol. The van der Waals surface area contributed by atoms with Crippen molar-refractivity contribution in [1.29, 1.82) is 0 Å². The molecule has 1 fully saturated rings. The van der Waals surface area contributed by atoms with Crippen molar-refractivity contribution in [3.05, 3.63) is 36.4 Å². The fraction of sp³-hybridized carbons (Fsp3) is 0.438. The molecule has 3 rings (SSSR count). The van der Waals surface area contributed by atoms with Gasteiger partial charge < -0.3 is 13.7 Å². The van der Waals surface area contributed by atoms with Gasteiger partial charge in [-0.05, 0) is 46.1 Å². The van der Waals surface area contributed by atoms with E-state index in [0.717, 1.165) is 22.3 Å². The number of hydrogen-bond acceptors (Lipinski definition) is 4. The topological polar surface area (TPSA) is 44.5 Å². The highest BCUT2D eigenvalue weighted by atomic mass is 16.7. The van der Waals surface area contributed by atoms with Gasteiger partial charge in [0.2, 0.25) is 0 Å². The van der Waals surface area contributed by atoms with Crippen LogP contribution in [-0.2, 0) is 9.31 Å². The first kappa shape index (κ1) is 14.4. The van der Waals surface area contributed by atoms with Crippen molar-refractivity contribution in [2.45, 2.75) is 45.8 Å². The summed E-state index contributed by atoms with van der Waals surface area (Å²) in [4.78, 5) is 3.95. The van der Waals surface area contributed by atoms with Crippen LogP contribution in [0, 0.1) is 6.92 Å². The Hall–Kier alpha value is -1.59. The maximum Gasteiger partial charge on any atom is 0.495 e. The first-order chi connectivity index (χ1) is 9.80. The van der Waals surface area contributed by atoms with Gasteiger partial charge in [0.1, 0.15) is 0 Å². The molecule has 0 bridgehead atoms. The Morgan fingerprint density at radius 2 is 1.71 bits per heavy atom. The molecule has 0 spiro atoms. The van der Waals surface area contributed by atoms with Crippen LogP contribution in [0.1, 0.15) is 33.3 Å². The highest BCUT2D eigenvalue weighted by Crippen LogP contribution is 2.36. The van der Waals surface area contributed by atoms with Crippen LogP contribution in [-0.4, -0.2) is 23.3 Å². The van der Waals surface area contributed by atoms with Crippen LogP contribution in [0.2, 0.25) is 0 Å². The standard InChI is InChI=1S/C16H20BNO3/c1-11-8-12(14-9-18-10-19-14)6-7-13(11)17-20-15(2,3)16(4,5)21-17/h6-10H,1-5H3. The first-order valence-electron chi connectivity index (χ1n) is 7.15. The molecule has 4 nitrogen and oxygen atoms in total. The molecule has 0 N–H and O–H groups in total. The van der Waals surface area contributed by atoms with Gasteiger partial charge in [0, 0.05) is 5.56 Å². The van der Waals surface area contributed by atoms with Gasteiger partial charge in [0.25, 0.3) is 0 Å². The Morgan fingerprint density at radius 3 is 2.24 bits per heavy atom. The zero-order valence-corrected chi connectivity index (χ0v) is 13.1. The summed E-state index contributed by atoms with van der Waals surface area (Å²) < 4.78 is 17.5. The molecule has 0 saturated carbocycles. The number of rotatable bonds is 2. The Morgan fingerprint density at radius 1 is 1.05 bits per heavy atom. The van der Waals surface area contributed by atoms with Crippen molar-refractivity contribution in [1.82, 2.24) is 4.98 Å². The van der Waals surface area contributed by atoms with Crippen molar-refractivity contribution in [2.24, 2.45) is 0 Å². The molecule has 1 aliphatic rings.